The smallest absolute Gasteiger partial charge is 0.223 e. The molecule has 32 heavy (non-hydrogen) atoms. The van der Waals surface area contributed by atoms with Gasteiger partial charge in [-0.1, -0.05) is 30.3 Å². The van der Waals surface area contributed by atoms with Crippen molar-refractivity contribution in [2.24, 2.45) is 11.8 Å². The summed E-state index contributed by atoms with van der Waals surface area (Å²) in [6.07, 6.45) is 2.91. The van der Waals surface area contributed by atoms with Crippen molar-refractivity contribution in [3.8, 4) is 0 Å². The molecule has 0 bridgehead atoms. The van der Waals surface area contributed by atoms with E-state index < -0.39 is 6.10 Å². The molecule has 2 N–H and O–H groups in total. The zero-order valence-corrected chi connectivity index (χ0v) is 19.6. The number of ketones is 1. The first-order valence-electron chi connectivity index (χ1n) is 11.6. The number of ether oxygens (including phenoxy) is 2. The van der Waals surface area contributed by atoms with Crippen LogP contribution < -0.4 is 0 Å². The van der Waals surface area contributed by atoms with E-state index in [4.69, 9.17) is 9.47 Å². The van der Waals surface area contributed by atoms with Crippen molar-refractivity contribution in [3.63, 3.8) is 0 Å². The quantitative estimate of drug-likeness (QED) is 0.570. The van der Waals surface area contributed by atoms with Gasteiger partial charge in [0.25, 0.3) is 0 Å². The lowest BCUT2D eigenvalue weighted by atomic mass is 9.99. The highest BCUT2D eigenvalue weighted by Gasteiger charge is 2.36. The van der Waals surface area contributed by atoms with Gasteiger partial charge in [-0.05, 0) is 37.7 Å². The molecule has 0 aromatic heterocycles. The first-order valence-corrected chi connectivity index (χ1v) is 11.6. The summed E-state index contributed by atoms with van der Waals surface area (Å²) in [5.41, 5.74) is 1.13. The van der Waals surface area contributed by atoms with Crippen LogP contribution in [0, 0.1) is 11.8 Å². The molecule has 2 unspecified atom stereocenters. The van der Waals surface area contributed by atoms with E-state index >= 15 is 0 Å². The molecule has 1 aliphatic carbocycles. The van der Waals surface area contributed by atoms with Gasteiger partial charge in [0.15, 0.2) is 0 Å². The van der Waals surface area contributed by atoms with Gasteiger partial charge in [0.1, 0.15) is 5.78 Å². The molecule has 3 rings (SSSR count). The standard InChI is InChI=1S/C16H23NO3.C9H16O3/c1-12(13-6-4-3-5-7-13)17-11-14(10-16(17)19)15(18)8-9-20-2;1-12-5-4-9(11)7-2-3-8(10)6-7/h3-7,12,14-15,18H,8-11H2,1-2H3;7,9,11H,2-6H2,1H3/t12-,14-,15?;7-,9?/m10/s1. The number of aliphatic hydroxyl groups is 2. The predicted molar refractivity (Wildman–Crippen MR) is 122 cm³/mol. The van der Waals surface area contributed by atoms with Gasteiger partial charge in [-0.15, -0.1) is 0 Å². The van der Waals surface area contributed by atoms with E-state index in [0.717, 1.165) is 12.0 Å². The van der Waals surface area contributed by atoms with Gasteiger partial charge in [0.05, 0.1) is 18.2 Å². The van der Waals surface area contributed by atoms with Gasteiger partial charge in [-0.25, -0.2) is 0 Å². The number of benzene rings is 1. The van der Waals surface area contributed by atoms with Crippen molar-refractivity contribution in [2.75, 3.05) is 34.0 Å². The number of hydrogen-bond acceptors (Lipinski definition) is 6. The van der Waals surface area contributed by atoms with Gasteiger partial charge >= 0.3 is 0 Å². The van der Waals surface area contributed by atoms with Crippen LogP contribution in [0.15, 0.2) is 30.3 Å². The zero-order chi connectivity index (χ0) is 23.5. The molecule has 1 heterocycles. The summed E-state index contributed by atoms with van der Waals surface area (Å²) in [4.78, 5) is 24.9. The lowest BCUT2D eigenvalue weighted by Crippen LogP contribution is -2.30. The third-order valence-electron chi connectivity index (χ3n) is 6.55. The molecule has 1 aromatic rings. The molecule has 0 spiro atoms. The van der Waals surface area contributed by atoms with E-state index in [2.05, 4.69) is 0 Å². The van der Waals surface area contributed by atoms with Crippen molar-refractivity contribution < 1.29 is 29.3 Å². The zero-order valence-electron chi connectivity index (χ0n) is 19.6. The van der Waals surface area contributed by atoms with Crippen LogP contribution in [-0.2, 0) is 19.1 Å². The lowest BCUT2D eigenvalue weighted by Gasteiger charge is -2.26. The summed E-state index contributed by atoms with van der Waals surface area (Å²) < 4.78 is 9.84. The Morgan fingerprint density at radius 2 is 1.56 bits per heavy atom. The number of Topliss-reactive ketones (excluding diaryl/α,β-unsaturated/α-hetero) is 1. The Kier molecular flexibility index (Phi) is 11.3. The molecule has 7 heteroatoms. The number of likely N-dealkylation sites (tertiary alicyclic amines) is 1. The average Bonchev–Trinajstić information content (AvgIpc) is 3.42. The van der Waals surface area contributed by atoms with Gasteiger partial charge in [-0.3, -0.25) is 9.59 Å². The van der Waals surface area contributed by atoms with Gasteiger partial charge in [0.2, 0.25) is 5.91 Å². The first-order chi connectivity index (χ1) is 15.4. The monoisotopic (exact) mass is 449 g/mol. The molecule has 1 aliphatic heterocycles. The summed E-state index contributed by atoms with van der Waals surface area (Å²) in [5, 5.41) is 19.7. The number of carbonyl (C=O) groups is 2. The minimum absolute atomic E-state index is 0.0174. The van der Waals surface area contributed by atoms with Gasteiger partial charge < -0.3 is 24.6 Å². The molecular formula is C25H39NO6. The fourth-order valence-electron chi connectivity index (χ4n) is 4.42. The SMILES string of the molecule is COCCC(O)[C@@H]1CC(=O)N([C@H](C)c2ccccc2)C1.COCCC(O)[C@H]1CCC(=O)C1. The van der Waals surface area contributed by atoms with Crippen LogP contribution in [0.1, 0.15) is 57.1 Å². The molecule has 0 radical (unpaired) electrons. The Morgan fingerprint density at radius 3 is 2.09 bits per heavy atom. The number of amides is 1. The first kappa shape index (κ1) is 26.5. The maximum Gasteiger partial charge on any atom is 0.223 e. The van der Waals surface area contributed by atoms with Crippen LogP contribution in [0.4, 0.5) is 0 Å². The maximum atomic E-state index is 12.2. The maximum absolute atomic E-state index is 12.2. The Bertz CT molecular complexity index is 697. The Labute approximate surface area is 191 Å². The number of aliphatic hydroxyl groups excluding tert-OH is 2. The summed E-state index contributed by atoms with van der Waals surface area (Å²) in [5.74, 6) is 0.621. The molecule has 180 valence electrons. The Hall–Kier alpha value is -1.80. The molecule has 7 nitrogen and oxygen atoms in total. The molecule has 2 fully saturated rings. The van der Waals surface area contributed by atoms with E-state index in [1.807, 2.05) is 42.2 Å². The second kappa shape index (κ2) is 13.7. The summed E-state index contributed by atoms with van der Waals surface area (Å²) >= 11 is 0. The number of carbonyl (C=O) groups excluding carboxylic acids is 2. The van der Waals surface area contributed by atoms with Crippen molar-refractivity contribution in [3.05, 3.63) is 35.9 Å². The highest BCUT2D eigenvalue weighted by Crippen LogP contribution is 2.30. The van der Waals surface area contributed by atoms with Crippen LogP contribution in [0.2, 0.25) is 0 Å². The number of rotatable bonds is 10. The van der Waals surface area contributed by atoms with Gasteiger partial charge in [-0.2, -0.15) is 0 Å². The van der Waals surface area contributed by atoms with Crippen molar-refractivity contribution in [1.29, 1.82) is 0 Å². The topological polar surface area (TPSA) is 96.3 Å². The summed E-state index contributed by atoms with van der Waals surface area (Å²) in [6.45, 7) is 3.77. The van der Waals surface area contributed by atoms with E-state index in [1.165, 1.54) is 0 Å². The van der Waals surface area contributed by atoms with Crippen LogP contribution in [0.3, 0.4) is 0 Å². The minimum Gasteiger partial charge on any atom is -0.393 e. The van der Waals surface area contributed by atoms with Crippen LogP contribution in [-0.4, -0.2) is 73.0 Å². The van der Waals surface area contributed by atoms with Gasteiger partial charge in [0, 0.05) is 59.2 Å². The normalized spacial score (nSPS) is 23.6. The average molecular weight is 450 g/mol. The van der Waals surface area contributed by atoms with Crippen LogP contribution >= 0.6 is 0 Å². The molecule has 1 saturated carbocycles. The van der Waals surface area contributed by atoms with E-state index in [-0.39, 0.29) is 35.7 Å². The fraction of sp³-hybridized carbons (Fsp3) is 0.680. The van der Waals surface area contributed by atoms with Crippen molar-refractivity contribution in [1.82, 2.24) is 4.90 Å². The van der Waals surface area contributed by atoms with E-state index in [9.17, 15) is 19.8 Å². The fourth-order valence-corrected chi connectivity index (χ4v) is 4.42. The van der Waals surface area contributed by atoms with Crippen LogP contribution in [0.25, 0.3) is 0 Å². The molecule has 1 saturated heterocycles. The number of methoxy groups -OCH3 is 2. The highest BCUT2D eigenvalue weighted by molar-refractivity contribution is 5.80. The van der Waals surface area contributed by atoms with E-state index in [1.54, 1.807) is 14.2 Å². The van der Waals surface area contributed by atoms with Crippen LogP contribution in [0.5, 0.6) is 0 Å². The van der Waals surface area contributed by atoms with Crippen molar-refractivity contribution >= 4 is 11.7 Å². The molecule has 1 aromatic carbocycles. The predicted octanol–water partition coefficient (Wildman–Crippen LogP) is 2.75. The second-order valence-corrected chi connectivity index (χ2v) is 8.84. The summed E-state index contributed by atoms with van der Waals surface area (Å²) in [7, 11) is 3.24. The lowest BCUT2D eigenvalue weighted by molar-refractivity contribution is -0.129. The third-order valence-corrected chi connectivity index (χ3v) is 6.55. The third kappa shape index (κ3) is 7.96. The Balaban J connectivity index is 0.000000258. The minimum atomic E-state index is -0.466. The summed E-state index contributed by atoms with van der Waals surface area (Å²) in [6, 6.07) is 10.1. The Morgan fingerprint density at radius 1 is 0.969 bits per heavy atom. The number of nitrogens with zero attached hydrogens (tertiary/aromatic N) is 1. The van der Waals surface area contributed by atoms with E-state index in [0.29, 0.717) is 51.9 Å². The highest BCUT2D eigenvalue weighted by atomic mass is 16.5. The largest absolute Gasteiger partial charge is 0.393 e. The van der Waals surface area contributed by atoms with Crippen molar-refractivity contribution in [2.45, 2.75) is 63.7 Å². The second-order valence-electron chi connectivity index (χ2n) is 8.84. The molecule has 1 amide bonds. The molecule has 5 atom stereocenters. The molecule has 2 aliphatic rings. The molecular weight excluding hydrogens is 410 g/mol. The number of hydrogen-bond donors (Lipinski definition) is 2.